The van der Waals surface area contributed by atoms with E-state index in [0.717, 1.165) is 9.88 Å². The summed E-state index contributed by atoms with van der Waals surface area (Å²) in [7, 11) is 1.54. The number of thiazole rings is 1. The molecule has 2 aromatic rings. The lowest BCUT2D eigenvalue weighted by Crippen LogP contribution is -2.00. The maximum absolute atomic E-state index is 9.36. The van der Waals surface area contributed by atoms with Gasteiger partial charge in [0, 0.05) is 22.8 Å². The van der Waals surface area contributed by atoms with Gasteiger partial charge in [-0.15, -0.1) is 11.3 Å². The van der Waals surface area contributed by atoms with Crippen LogP contribution in [-0.2, 0) is 13.2 Å². The van der Waals surface area contributed by atoms with Gasteiger partial charge in [-0.2, -0.15) is 0 Å². The molecular formula is C13H14ClNO3S. The van der Waals surface area contributed by atoms with Crippen molar-refractivity contribution in [1.82, 2.24) is 4.98 Å². The minimum Gasteiger partial charge on any atom is -0.493 e. The van der Waals surface area contributed by atoms with Crippen molar-refractivity contribution in [2.45, 2.75) is 20.1 Å². The molecule has 0 aliphatic heterocycles. The summed E-state index contributed by atoms with van der Waals surface area (Å²) in [6, 6.07) is 3.32. The average molecular weight is 300 g/mol. The Kier molecular flexibility index (Phi) is 4.63. The predicted octanol–water partition coefficient (Wildman–Crippen LogP) is 3.18. The van der Waals surface area contributed by atoms with Crippen molar-refractivity contribution in [3.05, 3.63) is 38.8 Å². The van der Waals surface area contributed by atoms with E-state index in [-0.39, 0.29) is 6.61 Å². The van der Waals surface area contributed by atoms with Crippen LogP contribution < -0.4 is 9.47 Å². The van der Waals surface area contributed by atoms with E-state index in [9.17, 15) is 5.11 Å². The normalized spacial score (nSPS) is 10.5. The monoisotopic (exact) mass is 299 g/mol. The largest absolute Gasteiger partial charge is 0.493 e. The van der Waals surface area contributed by atoms with Gasteiger partial charge in [0.05, 0.1) is 23.6 Å². The number of methoxy groups -OCH3 is 1. The number of hydrogen-bond acceptors (Lipinski definition) is 5. The average Bonchev–Trinajstić information content (AvgIpc) is 2.81. The van der Waals surface area contributed by atoms with Crippen LogP contribution in [0.5, 0.6) is 11.5 Å². The Hall–Kier alpha value is -1.30. The molecule has 6 heteroatoms. The molecule has 1 N–H and O–H groups in total. The minimum atomic E-state index is -0.159. The van der Waals surface area contributed by atoms with Gasteiger partial charge >= 0.3 is 0 Å². The number of ether oxygens (including phenoxy) is 2. The number of rotatable bonds is 5. The fourth-order valence-electron chi connectivity index (χ4n) is 1.67. The second-order valence-corrected chi connectivity index (χ2v) is 5.64. The van der Waals surface area contributed by atoms with Gasteiger partial charge in [-0.3, -0.25) is 0 Å². The third-order valence-corrected chi connectivity index (χ3v) is 3.62. The van der Waals surface area contributed by atoms with Crippen LogP contribution in [0.3, 0.4) is 0 Å². The molecule has 0 unspecified atom stereocenters. The van der Waals surface area contributed by atoms with Crippen LogP contribution in [0.25, 0.3) is 0 Å². The lowest BCUT2D eigenvalue weighted by molar-refractivity contribution is 0.251. The molecule has 0 atom stereocenters. The van der Waals surface area contributed by atoms with Gasteiger partial charge in [-0.1, -0.05) is 11.6 Å². The number of benzene rings is 1. The standard InChI is InChI=1S/C13H14ClNO3S/c1-8-15-5-11(19-8)7-18-13-9(6-16)3-10(14)4-12(13)17-2/h3-5,16H,6-7H2,1-2H3. The highest BCUT2D eigenvalue weighted by Gasteiger charge is 2.13. The molecule has 0 radical (unpaired) electrons. The Labute approximate surface area is 120 Å². The summed E-state index contributed by atoms with van der Waals surface area (Å²) < 4.78 is 11.0. The quantitative estimate of drug-likeness (QED) is 0.921. The first kappa shape index (κ1) is 14.1. The zero-order chi connectivity index (χ0) is 13.8. The highest BCUT2D eigenvalue weighted by molar-refractivity contribution is 7.11. The zero-order valence-corrected chi connectivity index (χ0v) is 12.2. The van der Waals surface area contributed by atoms with Gasteiger partial charge in [0.25, 0.3) is 0 Å². The van der Waals surface area contributed by atoms with Crippen molar-refractivity contribution >= 4 is 22.9 Å². The Bertz CT molecular complexity index is 546. The number of hydrogen-bond donors (Lipinski definition) is 1. The van der Waals surface area contributed by atoms with Crippen LogP contribution in [-0.4, -0.2) is 17.2 Å². The summed E-state index contributed by atoms with van der Waals surface area (Å²) >= 11 is 7.52. The molecule has 1 heterocycles. The molecule has 19 heavy (non-hydrogen) atoms. The van der Waals surface area contributed by atoms with Crippen LogP contribution in [0.4, 0.5) is 0 Å². The van der Waals surface area contributed by atoms with Crippen LogP contribution in [0, 0.1) is 6.92 Å². The Balaban J connectivity index is 2.23. The van der Waals surface area contributed by atoms with E-state index < -0.39 is 0 Å². The van der Waals surface area contributed by atoms with Gasteiger partial charge in [0.15, 0.2) is 11.5 Å². The molecule has 0 amide bonds. The molecule has 0 spiro atoms. The molecule has 0 fully saturated rings. The first-order valence-corrected chi connectivity index (χ1v) is 6.85. The van der Waals surface area contributed by atoms with Gasteiger partial charge in [-0.25, -0.2) is 4.98 Å². The molecule has 1 aromatic carbocycles. The third kappa shape index (κ3) is 3.37. The minimum absolute atomic E-state index is 0.159. The topological polar surface area (TPSA) is 51.6 Å². The molecule has 4 nitrogen and oxygen atoms in total. The maximum atomic E-state index is 9.36. The van der Waals surface area contributed by atoms with Gasteiger partial charge in [0.1, 0.15) is 6.61 Å². The van der Waals surface area contributed by atoms with E-state index in [0.29, 0.717) is 28.7 Å². The van der Waals surface area contributed by atoms with Crippen molar-refractivity contribution in [2.24, 2.45) is 0 Å². The zero-order valence-electron chi connectivity index (χ0n) is 10.6. The van der Waals surface area contributed by atoms with E-state index in [1.54, 1.807) is 29.7 Å². The number of halogens is 1. The molecule has 2 rings (SSSR count). The molecule has 102 valence electrons. The fourth-order valence-corrected chi connectivity index (χ4v) is 2.61. The summed E-state index contributed by atoms with van der Waals surface area (Å²) in [5.41, 5.74) is 0.602. The van der Waals surface area contributed by atoms with Crippen LogP contribution >= 0.6 is 22.9 Å². The first-order chi connectivity index (χ1) is 9.13. The van der Waals surface area contributed by atoms with Gasteiger partial charge in [-0.05, 0) is 13.0 Å². The fraction of sp³-hybridized carbons (Fsp3) is 0.308. The van der Waals surface area contributed by atoms with Crippen molar-refractivity contribution < 1.29 is 14.6 Å². The summed E-state index contributed by atoms with van der Waals surface area (Å²) in [6.45, 7) is 2.17. The maximum Gasteiger partial charge on any atom is 0.167 e. The lowest BCUT2D eigenvalue weighted by Gasteiger charge is -2.14. The van der Waals surface area contributed by atoms with Crippen LogP contribution in [0.15, 0.2) is 18.3 Å². The van der Waals surface area contributed by atoms with Crippen molar-refractivity contribution in [1.29, 1.82) is 0 Å². The lowest BCUT2D eigenvalue weighted by atomic mass is 10.2. The molecule has 0 bridgehead atoms. The summed E-state index contributed by atoms with van der Waals surface area (Å²) in [5, 5.41) is 10.9. The number of aryl methyl sites for hydroxylation is 1. The van der Waals surface area contributed by atoms with Crippen molar-refractivity contribution in [2.75, 3.05) is 7.11 Å². The third-order valence-electron chi connectivity index (χ3n) is 2.51. The van der Waals surface area contributed by atoms with Crippen LogP contribution in [0.2, 0.25) is 5.02 Å². The Morgan fingerprint density at radius 1 is 1.42 bits per heavy atom. The SMILES string of the molecule is COc1cc(Cl)cc(CO)c1OCc1cnc(C)s1. The number of aliphatic hydroxyl groups is 1. The Morgan fingerprint density at radius 3 is 2.79 bits per heavy atom. The highest BCUT2D eigenvalue weighted by atomic mass is 35.5. The van der Waals surface area contributed by atoms with E-state index in [1.165, 1.54) is 7.11 Å². The first-order valence-electron chi connectivity index (χ1n) is 5.65. The van der Waals surface area contributed by atoms with Crippen molar-refractivity contribution in [3.63, 3.8) is 0 Å². The van der Waals surface area contributed by atoms with Crippen molar-refractivity contribution in [3.8, 4) is 11.5 Å². The molecular weight excluding hydrogens is 286 g/mol. The van der Waals surface area contributed by atoms with Gasteiger partial charge in [0.2, 0.25) is 0 Å². The summed E-state index contributed by atoms with van der Waals surface area (Å²) in [5.74, 6) is 1.03. The summed E-state index contributed by atoms with van der Waals surface area (Å²) in [6.07, 6.45) is 1.78. The second-order valence-electron chi connectivity index (χ2n) is 3.89. The molecule has 0 aliphatic rings. The molecule has 0 saturated heterocycles. The number of aromatic nitrogens is 1. The van der Waals surface area contributed by atoms with E-state index in [1.807, 2.05) is 6.92 Å². The van der Waals surface area contributed by atoms with E-state index in [4.69, 9.17) is 21.1 Å². The highest BCUT2D eigenvalue weighted by Crippen LogP contribution is 2.35. The summed E-state index contributed by atoms with van der Waals surface area (Å²) in [4.78, 5) is 5.18. The predicted molar refractivity (Wildman–Crippen MR) is 75.1 cm³/mol. The van der Waals surface area contributed by atoms with Gasteiger partial charge < -0.3 is 14.6 Å². The van der Waals surface area contributed by atoms with E-state index in [2.05, 4.69) is 4.98 Å². The number of aliphatic hydroxyl groups excluding tert-OH is 1. The molecule has 1 aromatic heterocycles. The molecule has 0 saturated carbocycles. The second kappa shape index (κ2) is 6.23. The number of nitrogens with zero attached hydrogens (tertiary/aromatic N) is 1. The van der Waals surface area contributed by atoms with Crippen LogP contribution in [0.1, 0.15) is 15.4 Å². The van der Waals surface area contributed by atoms with E-state index >= 15 is 0 Å². The smallest absolute Gasteiger partial charge is 0.167 e. The molecule has 0 aliphatic carbocycles. The Morgan fingerprint density at radius 2 is 2.21 bits per heavy atom.